The second kappa shape index (κ2) is 4.61. The molecule has 0 aliphatic heterocycles. The number of rotatable bonds is 3. The van der Waals surface area contributed by atoms with Crippen molar-refractivity contribution < 1.29 is 14.5 Å². The zero-order valence-corrected chi connectivity index (χ0v) is 9.55. The highest BCUT2D eigenvalue weighted by Gasteiger charge is 2.14. The van der Waals surface area contributed by atoms with E-state index in [9.17, 15) is 0 Å². The number of furan rings is 1. The van der Waals surface area contributed by atoms with Crippen LogP contribution in [0.5, 0.6) is 0 Å². The monoisotopic (exact) mass is 228 g/mol. The van der Waals surface area contributed by atoms with E-state index in [0.29, 0.717) is 11.2 Å². The molecule has 0 atom stereocenters. The Balaban J connectivity index is 2.56. The second-order valence-electron chi connectivity index (χ2n) is 3.81. The van der Waals surface area contributed by atoms with Gasteiger partial charge in [0.15, 0.2) is 0 Å². The van der Waals surface area contributed by atoms with Crippen LogP contribution in [-0.2, 0) is 0 Å². The number of benzene rings is 1. The Bertz CT molecular complexity index is 581. The molecule has 0 saturated carbocycles. The van der Waals surface area contributed by atoms with E-state index < -0.39 is 7.12 Å². The first-order chi connectivity index (χ1) is 8.13. The second-order valence-corrected chi connectivity index (χ2v) is 3.81. The van der Waals surface area contributed by atoms with Crippen LogP contribution in [0.4, 0.5) is 0 Å². The number of hydrogen-bond donors (Lipinski definition) is 2. The molecular formula is C13H13BO3. The lowest BCUT2D eigenvalue weighted by molar-refractivity contribution is 0.421. The number of fused-ring (bicyclic) bond motifs is 1. The van der Waals surface area contributed by atoms with Crippen molar-refractivity contribution in [1.29, 1.82) is 0 Å². The molecule has 1 aromatic heterocycles. The van der Waals surface area contributed by atoms with Gasteiger partial charge in [0.25, 0.3) is 0 Å². The van der Waals surface area contributed by atoms with Crippen LogP contribution in [0, 0.1) is 6.92 Å². The molecule has 0 bridgehead atoms. The van der Waals surface area contributed by atoms with Gasteiger partial charge < -0.3 is 14.5 Å². The van der Waals surface area contributed by atoms with Gasteiger partial charge in [-0.3, -0.25) is 0 Å². The van der Waals surface area contributed by atoms with E-state index in [1.54, 1.807) is 6.08 Å². The highest BCUT2D eigenvalue weighted by molar-refractivity contribution is 6.53. The van der Waals surface area contributed by atoms with E-state index in [0.717, 1.165) is 16.5 Å². The summed E-state index contributed by atoms with van der Waals surface area (Å²) in [5.74, 6) is 0.620. The van der Waals surface area contributed by atoms with E-state index in [-0.39, 0.29) is 0 Å². The van der Waals surface area contributed by atoms with Gasteiger partial charge in [-0.2, -0.15) is 0 Å². The van der Waals surface area contributed by atoms with Crippen molar-refractivity contribution in [2.24, 2.45) is 0 Å². The summed E-state index contributed by atoms with van der Waals surface area (Å²) in [6.45, 7) is 5.46. The number of allylic oxidation sites excluding steroid dienone is 2. The zero-order valence-electron chi connectivity index (χ0n) is 9.55. The fourth-order valence-electron chi connectivity index (χ4n) is 1.72. The van der Waals surface area contributed by atoms with Crippen LogP contribution < -0.4 is 0 Å². The van der Waals surface area contributed by atoms with Crippen LogP contribution in [0.3, 0.4) is 0 Å². The first kappa shape index (κ1) is 11.7. The van der Waals surface area contributed by atoms with Crippen molar-refractivity contribution in [3.05, 3.63) is 53.7 Å². The molecule has 0 amide bonds. The molecule has 3 nitrogen and oxygen atoms in total. The molecule has 17 heavy (non-hydrogen) atoms. The maximum absolute atomic E-state index is 9.11. The first-order valence-corrected chi connectivity index (χ1v) is 5.31. The number of aryl methyl sites for hydroxylation is 1. The van der Waals surface area contributed by atoms with E-state index in [2.05, 4.69) is 6.58 Å². The zero-order chi connectivity index (χ0) is 12.4. The molecule has 0 spiro atoms. The van der Waals surface area contributed by atoms with Crippen LogP contribution in [0.1, 0.15) is 11.3 Å². The fraction of sp³-hybridized carbons (Fsp3) is 0.0769. The van der Waals surface area contributed by atoms with Gasteiger partial charge in [0.05, 0.1) is 0 Å². The molecule has 2 N–H and O–H groups in total. The topological polar surface area (TPSA) is 53.6 Å². The summed E-state index contributed by atoms with van der Waals surface area (Å²) in [5.41, 5.74) is 2.07. The molecule has 2 aromatic rings. The summed E-state index contributed by atoms with van der Waals surface area (Å²) in [7, 11) is -1.54. The molecule has 0 aliphatic carbocycles. The van der Waals surface area contributed by atoms with Crippen molar-refractivity contribution in [3.63, 3.8) is 0 Å². The third-order valence-corrected chi connectivity index (χ3v) is 2.71. The Morgan fingerprint density at radius 1 is 1.35 bits per heavy atom. The highest BCUT2D eigenvalue weighted by atomic mass is 16.4. The summed E-state index contributed by atoms with van der Waals surface area (Å²) in [6.07, 6.45) is 2.99. The minimum absolute atomic E-state index is 0.312. The van der Waals surface area contributed by atoms with Crippen molar-refractivity contribution in [2.45, 2.75) is 6.92 Å². The molecule has 1 heterocycles. The van der Waals surface area contributed by atoms with E-state index in [1.165, 1.54) is 6.08 Å². The van der Waals surface area contributed by atoms with Gasteiger partial charge in [-0.05, 0) is 24.5 Å². The van der Waals surface area contributed by atoms with Crippen LogP contribution in [0.2, 0.25) is 0 Å². The first-order valence-electron chi connectivity index (χ1n) is 5.31. The van der Waals surface area contributed by atoms with Crippen molar-refractivity contribution in [3.8, 4) is 0 Å². The van der Waals surface area contributed by atoms with Gasteiger partial charge in [0, 0.05) is 10.9 Å². The lowest BCUT2D eigenvalue weighted by Gasteiger charge is -1.98. The molecule has 86 valence electrons. The van der Waals surface area contributed by atoms with Gasteiger partial charge in [-0.25, -0.2) is 0 Å². The van der Waals surface area contributed by atoms with Crippen molar-refractivity contribution >= 4 is 24.2 Å². The van der Waals surface area contributed by atoms with E-state index in [4.69, 9.17) is 14.5 Å². The Kier molecular flexibility index (Phi) is 3.18. The molecular weight excluding hydrogens is 215 g/mol. The van der Waals surface area contributed by atoms with Gasteiger partial charge in [0.2, 0.25) is 0 Å². The fourth-order valence-corrected chi connectivity index (χ4v) is 1.72. The third kappa shape index (κ3) is 2.18. The lowest BCUT2D eigenvalue weighted by Crippen LogP contribution is -2.13. The summed E-state index contributed by atoms with van der Waals surface area (Å²) in [6, 6.07) is 7.68. The molecule has 0 unspecified atom stereocenters. The Morgan fingerprint density at radius 2 is 2.06 bits per heavy atom. The van der Waals surface area contributed by atoms with E-state index >= 15 is 0 Å². The number of hydrogen-bond acceptors (Lipinski definition) is 3. The highest BCUT2D eigenvalue weighted by Crippen LogP contribution is 2.26. The SMILES string of the molecule is C=C/C(=C\c1oc2ccccc2c1C)B(O)O. The Morgan fingerprint density at radius 3 is 2.65 bits per heavy atom. The van der Waals surface area contributed by atoms with Crippen LogP contribution in [0.25, 0.3) is 17.0 Å². The minimum Gasteiger partial charge on any atom is -0.456 e. The van der Waals surface area contributed by atoms with Crippen molar-refractivity contribution in [1.82, 2.24) is 0 Å². The maximum atomic E-state index is 9.11. The maximum Gasteiger partial charge on any atom is 0.488 e. The quantitative estimate of drug-likeness (QED) is 0.626. The number of para-hydroxylation sites is 1. The van der Waals surface area contributed by atoms with Gasteiger partial charge >= 0.3 is 7.12 Å². The van der Waals surface area contributed by atoms with Crippen LogP contribution >= 0.6 is 0 Å². The predicted molar refractivity (Wildman–Crippen MR) is 69.3 cm³/mol. The normalized spacial score (nSPS) is 11.8. The molecule has 1 aromatic carbocycles. The van der Waals surface area contributed by atoms with Gasteiger partial charge in [-0.1, -0.05) is 30.9 Å². The van der Waals surface area contributed by atoms with Crippen molar-refractivity contribution in [2.75, 3.05) is 0 Å². The Hall–Kier alpha value is -1.78. The van der Waals surface area contributed by atoms with Gasteiger partial charge in [0.1, 0.15) is 11.3 Å². The molecule has 2 rings (SSSR count). The van der Waals surface area contributed by atoms with E-state index in [1.807, 2.05) is 31.2 Å². The summed E-state index contributed by atoms with van der Waals surface area (Å²) in [4.78, 5) is 0. The largest absolute Gasteiger partial charge is 0.488 e. The van der Waals surface area contributed by atoms with Crippen LogP contribution in [0.15, 0.2) is 46.8 Å². The Labute approximate surface area is 99.8 Å². The summed E-state index contributed by atoms with van der Waals surface area (Å²) in [5, 5.41) is 19.2. The predicted octanol–water partition coefficient (Wildman–Crippen LogP) is 2.32. The van der Waals surface area contributed by atoms with Crippen LogP contribution in [-0.4, -0.2) is 17.2 Å². The molecule has 4 heteroatoms. The minimum atomic E-state index is -1.54. The average molecular weight is 228 g/mol. The third-order valence-electron chi connectivity index (χ3n) is 2.71. The molecule has 0 fully saturated rings. The lowest BCUT2D eigenvalue weighted by atomic mass is 9.79. The summed E-state index contributed by atoms with van der Waals surface area (Å²) < 4.78 is 5.63. The molecule has 0 saturated heterocycles. The molecule has 0 aliphatic rings. The molecule has 0 radical (unpaired) electrons. The standard InChI is InChI=1S/C13H13BO3/c1-3-10(14(15)16)8-13-9(2)11-6-4-5-7-12(11)17-13/h3-8,15-16H,1H2,2H3/b10-8+. The summed E-state index contributed by atoms with van der Waals surface area (Å²) >= 11 is 0. The van der Waals surface area contributed by atoms with Gasteiger partial charge in [-0.15, -0.1) is 0 Å². The average Bonchev–Trinajstić information content (AvgIpc) is 2.63. The smallest absolute Gasteiger partial charge is 0.456 e.